The maximum Gasteiger partial charge on any atom is 0.319 e. The van der Waals surface area contributed by atoms with Crippen LogP contribution in [0.2, 0.25) is 5.02 Å². The molecule has 0 spiro atoms. The number of halogens is 1. The molecule has 0 radical (unpaired) electrons. The zero-order valence-corrected chi connectivity index (χ0v) is 12.8. The van der Waals surface area contributed by atoms with Crippen molar-refractivity contribution in [3.8, 4) is 0 Å². The predicted octanol–water partition coefficient (Wildman–Crippen LogP) is 2.82. The highest BCUT2D eigenvalue weighted by atomic mass is 35.5. The number of anilines is 1. The van der Waals surface area contributed by atoms with Crippen LogP contribution in [0.1, 0.15) is 22.9 Å². The smallest absolute Gasteiger partial charge is 0.319 e. The number of pyridine rings is 1. The highest BCUT2D eigenvalue weighted by molar-refractivity contribution is 6.34. The molecule has 0 saturated heterocycles. The molecule has 0 aliphatic heterocycles. The second-order valence-electron chi connectivity index (χ2n) is 5.30. The van der Waals surface area contributed by atoms with E-state index in [1.807, 2.05) is 24.3 Å². The number of hydrogen-bond acceptors (Lipinski definition) is 3. The fraction of sp³-hybridized carbons (Fsp3) is 0.250. The van der Waals surface area contributed by atoms with Gasteiger partial charge in [-0.25, -0.2) is 4.79 Å². The predicted molar refractivity (Wildman–Crippen MR) is 85.0 cm³/mol. The van der Waals surface area contributed by atoms with E-state index in [0.717, 1.165) is 11.1 Å². The molecule has 0 fully saturated rings. The molecule has 0 unspecified atom stereocenters. The number of carbonyl (C=O) groups excluding carboxylic acids is 1. The number of nitrogens with zero attached hydrogens (tertiary/aromatic N) is 1. The van der Waals surface area contributed by atoms with E-state index in [-0.39, 0.29) is 0 Å². The van der Waals surface area contributed by atoms with Gasteiger partial charge in [0.2, 0.25) is 0 Å². The Kier molecular flexibility index (Phi) is 4.00. The minimum absolute atomic E-state index is 0.407. The lowest BCUT2D eigenvalue weighted by Gasteiger charge is -2.18. The molecule has 2 aromatic rings. The van der Waals surface area contributed by atoms with Gasteiger partial charge in [0.05, 0.1) is 28.5 Å². The summed E-state index contributed by atoms with van der Waals surface area (Å²) >= 11 is 6.11. The Balaban J connectivity index is 1.74. The Bertz CT molecular complexity index is 720. The van der Waals surface area contributed by atoms with E-state index in [1.54, 1.807) is 19.2 Å². The molecule has 3 N–H and O–H groups in total. The van der Waals surface area contributed by atoms with Crippen molar-refractivity contribution in [3.63, 3.8) is 0 Å². The van der Waals surface area contributed by atoms with Gasteiger partial charge in [0.15, 0.2) is 0 Å². The lowest BCUT2D eigenvalue weighted by molar-refractivity contribution is 0.144. The van der Waals surface area contributed by atoms with Crippen LogP contribution in [0.5, 0.6) is 0 Å². The Morgan fingerprint density at radius 1 is 1.36 bits per heavy atom. The number of carbonyl (C=O) groups is 1. The Labute approximate surface area is 133 Å². The largest absolute Gasteiger partial charge is 0.390 e. The molecular weight excluding hydrogens is 302 g/mol. The SMILES string of the molecule is Cc1nccc(NC(=O)N[C@H]2c3ccccc3C[C@@H]2O)c1Cl. The van der Waals surface area contributed by atoms with E-state index in [9.17, 15) is 9.90 Å². The van der Waals surface area contributed by atoms with Gasteiger partial charge in [-0.2, -0.15) is 0 Å². The lowest BCUT2D eigenvalue weighted by Crippen LogP contribution is -2.36. The van der Waals surface area contributed by atoms with Crippen LogP contribution in [0.15, 0.2) is 36.5 Å². The first kappa shape index (κ1) is 14.8. The third-order valence-corrected chi connectivity index (χ3v) is 4.28. The number of aromatic nitrogens is 1. The fourth-order valence-corrected chi connectivity index (χ4v) is 2.85. The van der Waals surface area contributed by atoms with E-state index in [0.29, 0.717) is 22.8 Å². The molecule has 2 atom stereocenters. The van der Waals surface area contributed by atoms with E-state index < -0.39 is 18.2 Å². The Morgan fingerprint density at radius 2 is 2.14 bits per heavy atom. The average Bonchev–Trinajstić information content (AvgIpc) is 2.80. The quantitative estimate of drug-likeness (QED) is 0.797. The highest BCUT2D eigenvalue weighted by Gasteiger charge is 2.31. The van der Waals surface area contributed by atoms with Crippen molar-refractivity contribution in [1.82, 2.24) is 10.3 Å². The molecule has 0 saturated carbocycles. The van der Waals surface area contributed by atoms with Gasteiger partial charge in [-0.3, -0.25) is 4.98 Å². The molecule has 5 nitrogen and oxygen atoms in total. The van der Waals surface area contributed by atoms with Gasteiger partial charge in [0, 0.05) is 12.6 Å². The minimum Gasteiger partial charge on any atom is -0.390 e. The summed E-state index contributed by atoms with van der Waals surface area (Å²) in [5.41, 5.74) is 3.14. The van der Waals surface area contributed by atoms with E-state index in [2.05, 4.69) is 15.6 Å². The lowest BCUT2D eigenvalue weighted by atomic mass is 10.1. The van der Waals surface area contributed by atoms with Gasteiger partial charge in [-0.15, -0.1) is 0 Å². The second kappa shape index (κ2) is 5.94. The van der Waals surface area contributed by atoms with Gasteiger partial charge in [0.25, 0.3) is 0 Å². The second-order valence-corrected chi connectivity index (χ2v) is 5.68. The number of benzene rings is 1. The van der Waals surface area contributed by atoms with Crippen molar-refractivity contribution in [2.45, 2.75) is 25.5 Å². The van der Waals surface area contributed by atoms with Gasteiger partial charge in [-0.05, 0) is 24.1 Å². The summed E-state index contributed by atoms with van der Waals surface area (Å²) in [4.78, 5) is 16.2. The van der Waals surface area contributed by atoms with Crippen LogP contribution in [0.25, 0.3) is 0 Å². The number of amides is 2. The molecule has 1 aliphatic carbocycles. The summed E-state index contributed by atoms with van der Waals surface area (Å²) in [7, 11) is 0. The monoisotopic (exact) mass is 317 g/mol. The molecular formula is C16H16ClN3O2. The topological polar surface area (TPSA) is 74.2 Å². The summed E-state index contributed by atoms with van der Waals surface area (Å²) < 4.78 is 0. The number of hydrogen-bond donors (Lipinski definition) is 3. The van der Waals surface area contributed by atoms with Gasteiger partial charge in [-0.1, -0.05) is 35.9 Å². The summed E-state index contributed by atoms with van der Waals surface area (Å²) in [6.07, 6.45) is 1.49. The van der Waals surface area contributed by atoms with Crippen LogP contribution in [-0.4, -0.2) is 22.2 Å². The number of fused-ring (bicyclic) bond motifs is 1. The summed E-state index contributed by atoms with van der Waals surface area (Å²) in [5.74, 6) is 0. The zero-order chi connectivity index (χ0) is 15.7. The van der Waals surface area contributed by atoms with Crippen LogP contribution < -0.4 is 10.6 Å². The van der Waals surface area contributed by atoms with Crippen molar-refractivity contribution < 1.29 is 9.90 Å². The van der Waals surface area contributed by atoms with Crippen molar-refractivity contribution in [3.05, 3.63) is 58.4 Å². The first-order chi connectivity index (χ1) is 10.6. The van der Waals surface area contributed by atoms with Crippen molar-refractivity contribution in [1.29, 1.82) is 0 Å². The van der Waals surface area contributed by atoms with Gasteiger partial charge < -0.3 is 15.7 Å². The molecule has 6 heteroatoms. The molecule has 1 aromatic heterocycles. The molecule has 22 heavy (non-hydrogen) atoms. The molecule has 0 bridgehead atoms. The third kappa shape index (κ3) is 2.77. The maximum absolute atomic E-state index is 12.2. The van der Waals surface area contributed by atoms with Crippen LogP contribution in [-0.2, 0) is 6.42 Å². The maximum atomic E-state index is 12.2. The highest BCUT2D eigenvalue weighted by Crippen LogP contribution is 2.31. The minimum atomic E-state index is -0.627. The van der Waals surface area contributed by atoms with Crippen LogP contribution in [0.4, 0.5) is 10.5 Å². The Morgan fingerprint density at radius 3 is 2.95 bits per heavy atom. The van der Waals surface area contributed by atoms with Crippen molar-refractivity contribution in [2.24, 2.45) is 0 Å². The molecule has 3 rings (SSSR count). The number of aliphatic hydroxyl groups is 1. The number of urea groups is 1. The standard InChI is InChI=1S/C16H16ClN3O2/c1-9-14(17)12(6-7-18-9)19-16(22)20-15-11-5-3-2-4-10(11)8-13(15)21/h2-7,13,15,21H,8H2,1H3,(H2,18,19,20,22)/t13-,15-/m0/s1. The molecule has 114 valence electrons. The number of aryl methyl sites for hydroxylation is 1. The third-order valence-electron chi connectivity index (χ3n) is 3.80. The zero-order valence-electron chi connectivity index (χ0n) is 12.0. The summed E-state index contributed by atoms with van der Waals surface area (Å²) in [5, 5.41) is 16.0. The normalized spacial score (nSPS) is 19.6. The number of rotatable bonds is 2. The van der Waals surface area contributed by atoms with Crippen LogP contribution in [0, 0.1) is 6.92 Å². The summed E-state index contributed by atoms with van der Waals surface area (Å²) in [6.45, 7) is 1.77. The first-order valence-electron chi connectivity index (χ1n) is 7.00. The Hall–Kier alpha value is -2.11. The molecule has 1 aromatic carbocycles. The van der Waals surface area contributed by atoms with E-state index in [1.165, 1.54) is 0 Å². The van der Waals surface area contributed by atoms with Gasteiger partial charge >= 0.3 is 6.03 Å². The number of aliphatic hydroxyl groups excluding tert-OH is 1. The average molecular weight is 318 g/mol. The molecule has 2 amide bonds. The van der Waals surface area contributed by atoms with E-state index >= 15 is 0 Å². The molecule has 1 heterocycles. The van der Waals surface area contributed by atoms with Crippen molar-refractivity contribution in [2.75, 3.05) is 5.32 Å². The first-order valence-corrected chi connectivity index (χ1v) is 7.38. The van der Waals surface area contributed by atoms with E-state index in [4.69, 9.17) is 11.6 Å². The number of nitrogens with one attached hydrogen (secondary N) is 2. The van der Waals surface area contributed by atoms with Crippen LogP contribution in [0.3, 0.4) is 0 Å². The van der Waals surface area contributed by atoms with Gasteiger partial charge in [0.1, 0.15) is 0 Å². The van der Waals surface area contributed by atoms with Crippen molar-refractivity contribution >= 4 is 23.3 Å². The summed E-state index contributed by atoms with van der Waals surface area (Å²) in [6, 6.07) is 8.50. The fourth-order valence-electron chi connectivity index (χ4n) is 2.69. The molecule has 1 aliphatic rings. The van der Waals surface area contributed by atoms with Crippen LogP contribution >= 0.6 is 11.6 Å².